The molecule has 1 aliphatic rings. The lowest BCUT2D eigenvalue weighted by Gasteiger charge is -2.27. The van der Waals surface area contributed by atoms with Crippen LogP contribution in [0.5, 0.6) is 0 Å². The fourth-order valence-electron chi connectivity index (χ4n) is 2.01. The van der Waals surface area contributed by atoms with Crippen LogP contribution in [0.1, 0.15) is 25.7 Å². The van der Waals surface area contributed by atoms with E-state index in [1.807, 2.05) is 0 Å². The van der Waals surface area contributed by atoms with E-state index in [9.17, 15) is 9.59 Å². The van der Waals surface area contributed by atoms with E-state index < -0.39 is 0 Å². The summed E-state index contributed by atoms with van der Waals surface area (Å²) in [5.74, 6) is -0.360. The van der Waals surface area contributed by atoms with Gasteiger partial charge in [0.1, 0.15) is 6.61 Å². The van der Waals surface area contributed by atoms with Gasteiger partial charge in [-0.05, 0) is 12.8 Å². The number of ketones is 1. The number of Topliss-reactive ketones (excluding diaryl/α,β-unsaturated/α-hetero) is 1. The molecule has 0 aromatic carbocycles. The minimum Gasteiger partial charge on any atom is -0.377 e. The van der Waals surface area contributed by atoms with Gasteiger partial charge in [-0.25, -0.2) is 0 Å². The number of hydrogen-bond donors (Lipinski definition) is 2. The third-order valence-corrected chi connectivity index (χ3v) is 2.92. The predicted octanol–water partition coefficient (Wildman–Crippen LogP) is -0.164. The van der Waals surface area contributed by atoms with Crippen LogP contribution in [0.25, 0.3) is 0 Å². The van der Waals surface area contributed by atoms with Crippen molar-refractivity contribution < 1.29 is 14.3 Å². The van der Waals surface area contributed by atoms with Crippen molar-refractivity contribution >= 4 is 11.7 Å². The maximum Gasteiger partial charge on any atom is 0.225 e. The number of ether oxygens (including phenoxy) is 1. The Morgan fingerprint density at radius 3 is 2.69 bits per heavy atom. The number of carbonyl (C=O) groups excluding carboxylic acids is 2. The van der Waals surface area contributed by atoms with Crippen molar-refractivity contribution in [3.05, 3.63) is 0 Å². The van der Waals surface area contributed by atoms with Crippen LogP contribution in [0.15, 0.2) is 0 Å². The molecule has 0 aliphatic heterocycles. The Balaban J connectivity index is 2.31. The summed E-state index contributed by atoms with van der Waals surface area (Å²) >= 11 is 0. The van der Waals surface area contributed by atoms with E-state index in [1.165, 1.54) is 7.11 Å². The molecule has 1 aliphatic carbocycles. The first-order chi connectivity index (χ1) is 7.65. The Hall–Kier alpha value is -0.940. The molecule has 0 saturated heterocycles. The van der Waals surface area contributed by atoms with Gasteiger partial charge < -0.3 is 15.8 Å². The van der Waals surface area contributed by atoms with Crippen molar-refractivity contribution in [3.63, 3.8) is 0 Å². The monoisotopic (exact) mass is 228 g/mol. The van der Waals surface area contributed by atoms with Crippen molar-refractivity contribution in [2.45, 2.75) is 31.7 Å². The molecule has 5 heteroatoms. The van der Waals surface area contributed by atoms with Crippen molar-refractivity contribution in [1.82, 2.24) is 5.32 Å². The van der Waals surface area contributed by atoms with E-state index in [0.717, 1.165) is 25.7 Å². The van der Waals surface area contributed by atoms with Gasteiger partial charge in [0.25, 0.3) is 0 Å². The molecule has 92 valence electrons. The van der Waals surface area contributed by atoms with Crippen molar-refractivity contribution in [2.24, 2.45) is 11.7 Å². The zero-order valence-corrected chi connectivity index (χ0v) is 9.70. The number of hydrogen-bond acceptors (Lipinski definition) is 4. The summed E-state index contributed by atoms with van der Waals surface area (Å²) in [4.78, 5) is 22.9. The molecule has 5 nitrogen and oxygen atoms in total. The maximum atomic E-state index is 11.7. The lowest BCUT2D eigenvalue weighted by atomic mass is 9.84. The first-order valence-corrected chi connectivity index (χ1v) is 5.69. The summed E-state index contributed by atoms with van der Waals surface area (Å²) in [5.41, 5.74) is 5.87. The highest BCUT2D eigenvalue weighted by Gasteiger charge is 2.28. The number of methoxy groups -OCH3 is 1. The van der Waals surface area contributed by atoms with Gasteiger partial charge in [0.05, 0.1) is 12.5 Å². The van der Waals surface area contributed by atoms with Crippen LogP contribution in [0.4, 0.5) is 0 Å². The fourth-order valence-corrected chi connectivity index (χ4v) is 2.01. The zero-order chi connectivity index (χ0) is 12.0. The molecule has 2 atom stereocenters. The lowest BCUT2D eigenvalue weighted by molar-refractivity contribution is -0.130. The van der Waals surface area contributed by atoms with Gasteiger partial charge in [-0.3, -0.25) is 9.59 Å². The normalized spacial score (nSPS) is 25.1. The largest absolute Gasteiger partial charge is 0.377 e. The second kappa shape index (κ2) is 6.60. The predicted molar refractivity (Wildman–Crippen MR) is 59.8 cm³/mol. The maximum absolute atomic E-state index is 11.7. The summed E-state index contributed by atoms with van der Waals surface area (Å²) in [7, 11) is 1.46. The van der Waals surface area contributed by atoms with Gasteiger partial charge in [-0.2, -0.15) is 0 Å². The molecule has 0 radical (unpaired) electrons. The Bertz CT molecular complexity index is 256. The van der Waals surface area contributed by atoms with Crippen LogP contribution in [0, 0.1) is 5.92 Å². The molecule has 0 aromatic rings. The summed E-state index contributed by atoms with van der Waals surface area (Å²) < 4.78 is 4.68. The van der Waals surface area contributed by atoms with E-state index in [-0.39, 0.29) is 36.8 Å². The van der Waals surface area contributed by atoms with Crippen LogP contribution in [0.2, 0.25) is 0 Å². The molecule has 1 fully saturated rings. The zero-order valence-electron chi connectivity index (χ0n) is 9.70. The molecule has 1 amide bonds. The van der Waals surface area contributed by atoms with Crippen LogP contribution in [-0.2, 0) is 14.3 Å². The summed E-state index contributed by atoms with van der Waals surface area (Å²) in [6, 6.07) is -0.0636. The quantitative estimate of drug-likeness (QED) is 0.685. The first kappa shape index (κ1) is 13.1. The molecule has 16 heavy (non-hydrogen) atoms. The Morgan fingerprint density at radius 1 is 1.38 bits per heavy atom. The number of nitrogens with one attached hydrogen (secondary N) is 1. The standard InChI is InChI=1S/C11H20N2O3/c1-16-7-8(14)6-13-11(15)9-4-2-3-5-10(9)12/h9-10H,2-7,12H2,1H3,(H,13,15)/t9-,10+/m1/s1. The van der Waals surface area contributed by atoms with E-state index in [0.29, 0.717) is 0 Å². The van der Waals surface area contributed by atoms with Crippen molar-refractivity contribution in [1.29, 1.82) is 0 Å². The molecule has 1 saturated carbocycles. The summed E-state index contributed by atoms with van der Waals surface area (Å²) in [5, 5.41) is 2.62. The van der Waals surface area contributed by atoms with E-state index >= 15 is 0 Å². The van der Waals surface area contributed by atoms with Gasteiger partial charge in [-0.1, -0.05) is 12.8 Å². The highest BCUT2D eigenvalue weighted by atomic mass is 16.5. The second-order valence-electron chi connectivity index (χ2n) is 4.24. The average Bonchev–Trinajstić information content (AvgIpc) is 2.27. The van der Waals surface area contributed by atoms with Crippen molar-refractivity contribution in [3.8, 4) is 0 Å². The van der Waals surface area contributed by atoms with Crippen LogP contribution in [-0.4, -0.2) is 38.0 Å². The van der Waals surface area contributed by atoms with E-state index in [1.54, 1.807) is 0 Å². The van der Waals surface area contributed by atoms with Crippen molar-refractivity contribution in [2.75, 3.05) is 20.3 Å². The SMILES string of the molecule is COCC(=O)CNC(=O)[C@@H]1CCCC[C@@H]1N. The highest BCUT2D eigenvalue weighted by Crippen LogP contribution is 2.22. The third-order valence-electron chi connectivity index (χ3n) is 2.92. The Labute approximate surface area is 95.7 Å². The van der Waals surface area contributed by atoms with Gasteiger partial charge in [0.2, 0.25) is 5.91 Å². The third kappa shape index (κ3) is 3.90. The van der Waals surface area contributed by atoms with Gasteiger partial charge in [0.15, 0.2) is 5.78 Å². The van der Waals surface area contributed by atoms with Crippen LogP contribution >= 0.6 is 0 Å². The van der Waals surface area contributed by atoms with E-state index in [2.05, 4.69) is 10.1 Å². The van der Waals surface area contributed by atoms with Gasteiger partial charge >= 0.3 is 0 Å². The summed E-state index contributed by atoms with van der Waals surface area (Å²) in [6.07, 6.45) is 3.85. The molecule has 1 rings (SSSR count). The van der Waals surface area contributed by atoms with Crippen LogP contribution in [0.3, 0.4) is 0 Å². The molecular weight excluding hydrogens is 208 g/mol. The van der Waals surface area contributed by atoms with E-state index in [4.69, 9.17) is 5.73 Å². The number of amides is 1. The molecular formula is C11H20N2O3. The number of carbonyl (C=O) groups is 2. The molecule has 0 spiro atoms. The molecule has 0 unspecified atom stereocenters. The van der Waals surface area contributed by atoms with Gasteiger partial charge in [0, 0.05) is 13.2 Å². The van der Waals surface area contributed by atoms with Crippen LogP contribution < -0.4 is 11.1 Å². The average molecular weight is 228 g/mol. The smallest absolute Gasteiger partial charge is 0.225 e. The molecule has 0 heterocycles. The lowest BCUT2D eigenvalue weighted by Crippen LogP contribution is -2.45. The molecule has 3 N–H and O–H groups in total. The fraction of sp³-hybridized carbons (Fsp3) is 0.818. The second-order valence-corrected chi connectivity index (χ2v) is 4.24. The highest BCUT2D eigenvalue weighted by molar-refractivity contribution is 5.87. The van der Waals surface area contributed by atoms with Gasteiger partial charge in [-0.15, -0.1) is 0 Å². The summed E-state index contributed by atoms with van der Waals surface area (Å²) in [6.45, 7) is 0.0763. The molecule has 0 bridgehead atoms. The molecule has 0 aromatic heterocycles. The minimum absolute atomic E-state index is 0.0376. The Morgan fingerprint density at radius 2 is 2.06 bits per heavy atom. The topological polar surface area (TPSA) is 81.4 Å². The minimum atomic E-state index is -0.135. The first-order valence-electron chi connectivity index (χ1n) is 5.69. The number of rotatable bonds is 5. The Kier molecular flexibility index (Phi) is 5.42. The number of nitrogens with two attached hydrogens (primary N) is 1.